The van der Waals surface area contributed by atoms with Crippen LogP contribution in [-0.4, -0.2) is 42.9 Å². The summed E-state index contributed by atoms with van der Waals surface area (Å²) in [4.78, 5) is 46.4. The SMILES string of the molecule is O=C(O)C=CC(=O)N1Cc2sc3ncnc(N[C@H](C(=O)O)c4ccccc4)c3c2C1. The molecule has 2 aromatic heterocycles. The number of hydrogen-bond donors (Lipinski definition) is 3. The van der Waals surface area contributed by atoms with Gasteiger partial charge in [0.25, 0.3) is 0 Å². The summed E-state index contributed by atoms with van der Waals surface area (Å²) in [6.07, 6.45) is 3.20. The van der Waals surface area contributed by atoms with Crippen molar-refractivity contribution in [3.05, 3.63) is 64.8 Å². The number of carboxylic acids is 2. The molecule has 1 amide bonds. The van der Waals surface area contributed by atoms with Crippen LogP contribution in [-0.2, 0) is 27.5 Å². The Morgan fingerprint density at radius 2 is 1.87 bits per heavy atom. The Labute approximate surface area is 174 Å². The maximum atomic E-state index is 12.2. The molecule has 0 fully saturated rings. The molecule has 0 saturated carbocycles. The Morgan fingerprint density at radius 3 is 2.57 bits per heavy atom. The number of carboxylic acid groups (broad SMARTS) is 2. The van der Waals surface area contributed by atoms with Gasteiger partial charge in [0.15, 0.2) is 6.04 Å². The van der Waals surface area contributed by atoms with Crippen molar-refractivity contribution in [3.63, 3.8) is 0 Å². The summed E-state index contributed by atoms with van der Waals surface area (Å²) in [5.74, 6) is -2.27. The van der Waals surface area contributed by atoms with E-state index < -0.39 is 23.9 Å². The molecule has 0 radical (unpaired) electrons. The third-order valence-electron chi connectivity index (χ3n) is 4.70. The zero-order valence-electron chi connectivity index (χ0n) is 15.5. The van der Waals surface area contributed by atoms with Crippen LogP contribution in [0.25, 0.3) is 10.2 Å². The van der Waals surface area contributed by atoms with Crippen molar-refractivity contribution in [1.82, 2.24) is 14.9 Å². The molecule has 0 bridgehead atoms. The van der Waals surface area contributed by atoms with Gasteiger partial charge in [-0.3, -0.25) is 4.79 Å². The second-order valence-corrected chi connectivity index (χ2v) is 7.68. The molecule has 30 heavy (non-hydrogen) atoms. The molecule has 4 rings (SSSR count). The summed E-state index contributed by atoms with van der Waals surface area (Å²) < 4.78 is 0. The number of nitrogens with one attached hydrogen (secondary N) is 1. The maximum Gasteiger partial charge on any atom is 0.330 e. The lowest BCUT2D eigenvalue weighted by Crippen LogP contribution is -2.23. The van der Waals surface area contributed by atoms with Gasteiger partial charge in [0.2, 0.25) is 5.91 Å². The van der Waals surface area contributed by atoms with E-state index in [1.165, 1.54) is 22.6 Å². The van der Waals surface area contributed by atoms with Crippen LogP contribution in [0.3, 0.4) is 0 Å². The van der Waals surface area contributed by atoms with Crippen LogP contribution in [0, 0.1) is 0 Å². The standard InChI is InChI=1S/C20H16N4O5S/c25-14(6-7-15(26)27)24-8-12-13(9-24)30-19-16(12)18(21-10-22-19)23-17(20(28)29)11-4-2-1-3-5-11/h1-7,10,17H,8-9H2,(H,26,27)(H,28,29)(H,21,22,23)/t17-/m0/s1. The van der Waals surface area contributed by atoms with Gasteiger partial charge in [0.1, 0.15) is 17.0 Å². The van der Waals surface area contributed by atoms with Crippen molar-refractivity contribution in [1.29, 1.82) is 0 Å². The number of rotatable bonds is 6. The average Bonchev–Trinajstić information content (AvgIpc) is 3.28. The zero-order chi connectivity index (χ0) is 21.3. The first-order chi connectivity index (χ1) is 14.4. The Kier molecular flexibility index (Phi) is 5.15. The quantitative estimate of drug-likeness (QED) is 0.514. The molecular weight excluding hydrogens is 408 g/mol. The van der Waals surface area contributed by atoms with Gasteiger partial charge in [-0.05, 0) is 5.56 Å². The number of carbonyl (C=O) groups is 3. The fraction of sp³-hybridized carbons (Fsp3) is 0.150. The molecule has 3 N–H and O–H groups in total. The monoisotopic (exact) mass is 424 g/mol. The van der Waals surface area contributed by atoms with E-state index in [-0.39, 0.29) is 6.54 Å². The smallest absolute Gasteiger partial charge is 0.330 e. The molecule has 1 atom stereocenters. The van der Waals surface area contributed by atoms with Gasteiger partial charge in [-0.2, -0.15) is 0 Å². The van der Waals surface area contributed by atoms with E-state index >= 15 is 0 Å². The van der Waals surface area contributed by atoms with Crippen molar-refractivity contribution >= 4 is 45.2 Å². The highest BCUT2D eigenvalue weighted by Crippen LogP contribution is 2.40. The van der Waals surface area contributed by atoms with Gasteiger partial charge in [-0.15, -0.1) is 11.3 Å². The highest BCUT2D eigenvalue weighted by atomic mass is 32.1. The van der Waals surface area contributed by atoms with Gasteiger partial charge in [-0.25, -0.2) is 19.6 Å². The number of benzene rings is 1. The highest BCUT2D eigenvalue weighted by molar-refractivity contribution is 7.19. The van der Waals surface area contributed by atoms with E-state index in [1.807, 2.05) is 0 Å². The minimum Gasteiger partial charge on any atom is -0.479 e. The van der Waals surface area contributed by atoms with E-state index in [0.29, 0.717) is 28.1 Å². The van der Waals surface area contributed by atoms with Crippen LogP contribution in [0.4, 0.5) is 5.82 Å². The number of amides is 1. The zero-order valence-corrected chi connectivity index (χ0v) is 16.3. The van der Waals surface area contributed by atoms with Gasteiger partial charge in [0.05, 0.1) is 11.9 Å². The molecule has 1 aliphatic heterocycles. The van der Waals surface area contributed by atoms with Crippen molar-refractivity contribution in [3.8, 4) is 0 Å². The molecule has 9 nitrogen and oxygen atoms in total. The van der Waals surface area contributed by atoms with Crippen LogP contribution < -0.4 is 5.32 Å². The summed E-state index contributed by atoms with van der Waals surface area (Å²) in [5.41, 5.74) is 1.42. The number of nitrogens with zero attached hydrogens (tertiary/aromatic N) is 3. The van der Waals surface area contributed by atoms with Crippen molar-refractivity contribution in [2.45, 2.75) is 19.1 Å². The van der Waals surface area contributed by atoms with Gasteiger partial charge >= 0.3 is 11.9 Å². The highest BCUT2D eigenvalue weighted by Gasteiger charge is 2.30. The Bertz CT molecular complexity index is 1170. The third kappa shape index (κ3) is 3.72. The first-order valence-corrected chi connectivity index (χ1v) is 9.75. The molecule has 0 aliphatic carbocycles. The van der Waals surface area contributed by atoms with Gasteiger partial charge < -0.3 is 20.4 Å². The average molecular weight is 424 g/mol. The molecular formula is C20H16N4O5S. The Hall–Kier alpha value is -3.79. The maximum absolute atomic E-state index is 12.2. The molecule has 152 valence electrons. The first kappa shape index (κ1) is 19.5. The second kappa shape index (κ2) is 7.91. The predicted octanol–water partition coefficient (Wildman–Crippen LogP) is 2.41. The van der Waals surface area contributed by atoms with Crippen molar-refractivity contribution < 1.29 is 24.6 Å². The van der Waals surface area contributed by atoms with E-state index in [2.05, 4.69) is 15.3 Å². The van der Waals surface area contributed by atoms with Crippen LogP contribution in [0.2, 0.25) is 0 Å². The molecule has 1 aromatic carbocycles. The molecule has 3 aromatic rings. The van der Waals surface area contributed by atoms with Crippen molar-refractivity contribution in [2.24, 2.45) is 0 Å². The molecule has 0 saturated heterocycles. The second-order valence-electron chi connectivity index (χ2n) is 6.60. The molecule has 3 heterocycles. The van der Waals surface area contributed by atoms with E-state index in [9.17, 15) is 19.5 Å². The fourth-order valence-electron chi connectivity index (χ4n) is 3.33. The minimum absolute atomic E-state index is 0.267. The van der Waals surface area contributed by atoms with E-state index in [0.717, 1.165) is 22.6 Å². The lowest BCUT2D eigenvalue weighted by Gasteiger charge is -2.17. The van der Waals surface area contributed by atoms with Crippen LogP contribution in [0.5, 0.6) is 0 Å². The minimum atomic E-state index is -1.19. The summed E-state index contributed by atoms with van der Waals surface area (Å²) in [6.45, 7) is 0.600. The molecule has 10 heteroatoms. The number of hydrogen-bond acceptors (Lipinski definition) is 7. The van der Waals surface area contributed by atoms with E-state index in [4.69, 9.17) is 5.11 Å². The molecule has 0 unspecified atom stereocenters. The summed E-state index contributed by atoms with van der Waals surface area (Å²) in [6, 6.07) is 7.77. The number of aliphatic carboxylic acids is 2. The lowest BCUT2D eigenvalue weighted by atomic mass is 10.1. The number of anilines is 1. The normalized spacial score (nSPS) is 14.1. The number of carbonyl (C=O) groups excluding carboxylic acids is 1. The number of thiophene rings is 1. The first-order valence-electron chi connectivity index (χ1n) is 8.93. The molecule has 1 aliphatic rings. The van der Waals surface area contributed by atoms with Crippen LogP contribution in [0.1, 0.15) is 22.0 Å². The summed E-state index contributed by atoms with van der Waals surface area (Å²) >= 11 is 1.40. The largest absolute Gasteiger partial charge is 0.479 e. The number of aromatic nitrogens is 2. The van der Waals surface area contributed by atoms with Crippen LogP contribution in [0.15, 0.2) is 48.8 Å². The lowest BCUT2D eigenvalue weighted by molar-refractivity contribution is -0.138. The Balaban J connectivity index is 1.67. The summed E-state index contributed by atoms with van der Waals surface area (Å²) in [7, 11) is 0. The number of fused-ring (bicyclic) bond motifs is 3. The summed E-state index contributed by atoms with van der Waals surface area (Å²) in [5, 5.41) is 22.1. The molecule has 0 spiro atoms. The fourth-order valence-corrected chi connectivity index (χ4v) is 4.50. The van der Waals surface area contributed by atoms with E-state index in [1.54, 1.807) is 30.3 Å². The Morgan fingerprint density at radius 1 is 1.10 bits per heavy atom. The van der Waals surface area contributed by atoms with Gasteiger partial charge in [-0.1, -0.05) is 30.3 Å². The van der Waals surface area contributed by atoms with Crippen molar-refractivity contribution in [2.75, 3.05) is 5.32 Å². The van der Waals surface area contributed by atoms with Gasteiger partial charge in [0, 0.05) is 29.1 Å². The topological polar surface area (TPSA) is 133 Å². The predicted molar refractivity (Wildman–Crippen MR) is 109 cm³/mol. The third-order valence-corrected chi connectivity index (χ3v) is 5.82. The van der Waals surface area contributed by atoms with Crippen LogP contribution >= 0.6 is 11.3 Å².